The maximum absolute atomic E-state index is 12.8. The first-order valence-electron chi connectivity index (χ1n) is 10.8. The molecule has 1 aliphatic heterocycles. The molecule has 2 heterocycles. The summed E-state index contributed by atoms with van der Waals surface area (Å²) in [5, 5.41) is 3.10. The van der Waals surface area contributed by atoms with Crippen LogP contribution >= 0.6 is 0 Å². The van der Waals surface area contributed by atoms with Gasteiger partial charge in [0.05, 0.1) is 0 Å². The van der Waals surface area contributed by atoms with E-state index in [0.29, 0.717) is 11.8 Å². The Morgan fingerprint density at radius 2 is 1.77 bits per heavy atom. The second-order valence-electron chi connectivity index (χ2n) is 8.13. The summed E-state index contributed by atoms with van der Waals surface area (Å²) in [4.78, 5) is 23.8. The molecule has 0 radical (unpaired) electrons. The van der Waals surface area contributed by atoms with Crippen LogP contribution in [0.3, 0.4) is 0 Å². The van der Waals surface area contributed by atoms with Crippen molar-refractivity contribution in [2.45, 2.75) is 32.6 Å². The van der Waals surface area contributed by atoms with Gasteiger partial charge in [0.25, 0.3) is 5.88 Å². The SMILES string of the molecule is CC(C)c1cccc(NC(=O)C2CCN(c3nccnc3Oc3ccccc3)CC2)c1. The van der Waals surface area contributed by atoms with Gasteiger partial charge in [-0.3, -0.25) is 4.79 Å². The zero-order valence-corrected chi connectivity index (χ0v) is 18.0. The fourth-order valence-electron chi connectivity index (χ4n) is 3.78. The van der Waals surface area contributed by atoms with Crippen molar-refractivity contribution in [1.29, 1.82) is 0 Å². The molecular weight excluding hydrogens is 388 g/mol. The number of carbonyl (C=O) groups excluding carboxylic acids is 1. The van der Waals surface area contributed by atoms with Gasteiger partial charge in [0.2, 0.25) is 5.91 Å². The Hall–Kier alpha value is -3.41. The third kappa shape index (κ3) is 5.20. The van der Waals surface area contributed by atoms with Crippen LogP contribution < -0.4 is 15.0 Å². The summed E-state index contributed by atoms with van der Waals surface area (Å²) in [6.07, 6.45) is 4.83. The minimum Gasteiger partial charge on any atom is -0.436 e. The average molecular weight is 417 g/mol. The van der Waals surface area contributed by atoms with Crippen LogP contribution in [0.25, 0.3) is 0 Å². The van der Waals surface area contributed by atoms with Gasteiger partial charge in [-0.25, -0.2) is 9.97 Å². The molecule has 2 aromatic carbocycles. The van der Waals surface area contributed by atoms with Crippen LogP contribution in [-0.2, 0) is 4.79 Å². The number of piperidine rings is 1. The highest BCUT2D eigenvalue weighted by atomic mass is 16.5. The fraction of sp³-hybridized carbons (Fsp3) is 0.320. The lowest BCUT2D eigenvalue weighted by molar-refractivity contribution is -0.120. The molecule has 0 atom stereocenters. The van der Waals surface area contributed by atoms with Gasteiger partial charge in [-0.2, -0.15) is 0 Å². The molecule has 3 aromatic rings. The average Bonchev–Trinajstić information content (AvgIpc) is 2.80. The van der Waals surface area contributed by atoms with Crippen LogP contribution in [0.15, 0.2) is 67.0 Å². The highest BCUT2D eigenvalue weighted by Crippen LogP contribution is 2.31. The molecule has 4 rings (SSSR count). The monoisotopic (exact) mass is 416 g/mol. The van der Waals surface area contributed by atoms with Gasteiger partial charge in [0.1, 0.15) is 5.75 Å². The normalized spacial score (nSPS) is 14.5. The number of hydrogen-bond acceptors (Lipinski definition) is 5. The Morgan fingerprint density at radius 3 is 2.52 bits per heavy atom. The van der Waals surface area contributed by atoms with E-state index in [-0.39, 0.29) is 11.8 Å². The molecule has 1 fully saturated rings. The molecule has 6 heteroatoms. The first kappa shape index (κ1) is 20.8. The van der Waals surface area contributed by atoms with E-state index < -0.39 is 0 Å². The second-order valence-corrected chi connectivity index (χ2v) is 8.13. The predicted molar refractivity (Wildman–Crippen MR) is 123 cm³/mol. The molecule has 1 N–H and O–H groups in total. The van der Waals surface area contributed by atoms with E-state index >= 15 is 0 Å². The van der Waals surface area contributed by atoms with Crippen molar-refractivity contribution in [2.75, 3.05) is 23.3 Å². The van der Waals surface area contributed by atoms with Crippen molar-refractivity contribution in [3.05, 3.63) is 72.6 Å². The number of benzene rings is 2. The Bertz CT molecular complexity index is 1010. The van der Waals surface area contributed by atoms with Gasteiger partial charge in [-0.15, -0.1) is 0 Å². The van der Waals surface area contributed by atoms with Gasteiger partial charge in [-0.1, -0.05) is 44.2 Å². The maximum atomic E-state index is 12.8. The smallest absolute Gasteiger partial charge is 0.263 e. The maximum Gasteiger partial charge on any atom is 0.263 e. The van der Waals surface area contributed by atoms with E-state index in [4.69, 9.17) is 4.74 Å². The second kappa shape index (κ2) is 9.60. The minimum absolute atomic E-state index is 0.0193. The number of anilines is 2. The van der Waals surface area contributed by atoms with Crippen molar-refractivity contribution < 1.29 is 9.53 Å². The zero-order valence-electron chi connectivity index (χ0n) is 18.0. The van der Waals surface area contributed by atoms with E-state index in [1.165, 1.54) is 5.56 Å². The Balaban J connectivity index is 1.38. The van der Waals surface area contributed by atoms with E-state index in [0.717, 1.165) is 43.2 Å². The van der Waals surface area contributed by atoms with E-state index in [1.807, 2.05) is 42.5 Å². The third-order valence-corrected chi connectivity index (χ3v) is 5.59. The molecular formula is C25H28N4O2. The van der Waals surface area contributed by atoms with Crippen molar-refractivity contribution in [3.8, 4) is 11.6 Å². The third-order valence-electron chi connectivity index (χ3n) is 5.59. The molecule has 160 valence electrons. The number of nitrogens with zero attached hydrogens (tertiary/aromatic N) is 3. The molecule has 0 spiro atoms. The number of rotatable bonds is 6. The van der Waals surface area contributed by atoms with Gasteiger partial charge in [0.15, 0.2) is 5.82 Å². The van der Waals surface area contributed by atoms with Gasteiger partial charge < -0.3 is 15.0 Å². The molecule has 6 nitrogen and oxygen atoms in total. The first-order chi connectivity index (χ1) is 15.1. The molecule has 0 aliphatic carbocycles. The van der Waals surface area contributed by atoms with Gasteiger partial charge in [0, 0.05) is 37.1 Å². The van der Waals surface area contributed by atoms with Crippen molar-refractivity contribution in [2.24, 2.45) is 5.92 Å². The van der Waals surface area contributed by atoms with E-state index in [1.54, 1.807) is 12.4 Å². The number of nitrogens with one attached hydrogen (secondary N) is 1. The highest BCUT2D eigenvalue weighted by Gasteiger charge is 2.27. The number of amides is 1. The zero-order chi connectivity index (χ0) is 21.6. The molecule has 0 unspecified atom stereocenters. The Kier molecular flexibility index (Phi) is 6.46. The number of para-hydroxylation sites is 1. The fourth-order valence-corrected chi connectivity index (χ4v) is 3.78. The van der Waals surface area contributed by atoms with Crippen LogP contribution in [0.2, 0.25) is 0 Å². The summed E-state index contributed by atoms with van der Waals surface area (Å²) in [6, 6.07) is 17.7. The van der Waals surface area contributed by atoms with Crippen LogP contribution in [0.4, 0.5) is 11.5 Å². The Morgan fingerprint density at radius 1 is 1.03 bits per heavy atom. The summed E-state index contributed by atoms with van der Waals surface area (Å²) in [6.45, 7) is 5.76. The molecule has 1 aromatic heterocycles. The summed E-state index contributed by atoms with van der Waals surface area (Å²) in [5.74, 6) is 2.42. The van der Waals surface area contributed by atoms with Crippen LogP contribution in [0.5, 0.6) is 11.6 Å². The van der Waals surface area contributed by atoms with Crippen LogP contribution in [0.1, 0.15) is 38.2 Å². The Labute approximate surface area is 183 Å². The van der Waals surface area contributed by atoms with Crippen LogP contribution in [-0.4, -0.2) is 29.0 Å². The molecule has 0 saturated carbocycles. The summed E-state index contributed by atoms with van der Waals surface area (Å²) in [5.41, 5.74) is 2.09. The molecule has 31 heavy (non-hydrogen) atoms. The van der Waals surface area contributed by atoms with E-state index in [2.05, 4.69) is 46.2 Å². The summed E-state index contributed by atoms with van der Waals surface area (Å²) >= 11 is 0. The van der Waals surface area contributed by atoms with Crippen LogP contribution in [0, 0.1) is 5.92 Å². The minimum atomic E-state index is -0.0193. The largest absolute Gasteiger partial charge is 0.436 e. The quantitative estimate of drug-likeness (QED) is 0.595. The van der Waals surface area contributed by atoms with E-state index in [9.17, 15) is 4.79 Å². The van der Waals surface area contributed by atoms with Gasteiger partial charge in [-0.05, 0) is 48.6 Å². The predicted octanol–water partition coefficient (Wildman–Crippen LogP) is 5.25. The number of carbonyl (C=O) groups is 1. The standard InChI is InChI=1S/C25H28N4O2/c1-18(2)20-7-6-8-21(17-20)28-24(30)19-11-15-29(16-12-19)23-25(27-14-13-26-23)31-22-9-4-3-5-10-22/h3-10,13-14,17-19H,11-12,15-16H2,1-2H3,(H,28,30). The van der Waals surface area contributed by atoms with Crippen molar-refractivity contribution >= 4 is 17.4 Å². The molecule has 1 aliphatic rings. The molecule has 1 saturated heterocycles. The lowest BCUT2D eigenvalue weighted by Crippen LogP contribution is -2.38. The van der Waals surface area contributed by atoms with Crippen molar-refractivity contribution in [3.63, 3.8) is 0 Å². The molecule has 1 amide bonds. The van der Waals surface area contributed by atoms with Gasteiger partial charge >= 0.3 is 0 Å². The number of hydrogen-bond donors (Lipinski definition) is 1. The molecule has 0 bridgehead atoms. The number of aromatic nitrogens is 2. The number of ether oxygens (including phenoxy) is 1. The lowest BCUT2D eigenvalue weighted by atomic mass is 9.95. The van der Waals surface area contributed by atoms with Crippen molar-refractivity contribution in [1.82, 2.24) is 9.97 Å². The lowest BCUT2D eigenvalue weighted by Gasteiger charge is -2.32. The summed E-state index contributed by atoms with van der Waals surface area (Å²) in [7, 11) is 0. The summed E-state index contributed by atoms with van der Waals surface area (Å²) < 4.78 is 5.95. The highest BCUT2D eigenvalue weighted by molar-refractivity contribution is 5.92. The topological polar surface area (TPSA) is 67.4 Å². The first-order valence-corrected chi connectivity index (χ1v) is 10.8.